The Morgan fingerprint density at radius 1 is 0.797 bits per heavy atom. The minimum atomic E-state index is -0.181. The van der Waals surface area contributed by atoms with Crippen molar-refractivity contribution in [2.45, 2.75) is 40.0 Å². The third kappa shape index (κ3) is 26.0. The molecule has 0 radical (unpaired) electrons. The van der Waals surface area contributed by atoms with Crippen LogP contribution in [0, 0.1) is 23.2 Å². The fourth-order valence-electron chi connectivity index (χ4n) is 5.64. The predicted octanol–water partition coefficient (Wildman–Crippen LogP) is 0.830. The van der Waals surface area contributed by atoms with Gasteiger partial charge in [-0.1, -0.05) is 120 Å². The van der Waals surface area contributed by atoms with Gasteiger partial charge in [-0.15, -0.1) is 0 Å². The standard InChI is InChI=1S/C20H22N2O2.C12H16N2O.C8H7BrO.C2H3N.CH2O3.CH4.2K.H/c23-19(16-8-3-1-4-9-16)15-22-13-7-10-17(14-22)20(24)21-18-11-5-2-6-12-18;15-12(10-5-4-8-13-9-10)14-11-6-2-1-3-7-11;9-6-8(10)7-4-2-1-3-5-7;1-2-3;2-1-4-3;;;;/h1-6,8-9,11-12,17H,7,10,13-15H2,(H,21,24);1-3,6-7,10,13H,4-5,8-9H2,(H,14,15);1-5H,6H2;1H3;1,3H;1H4;;;/q;;;;;;2*+1;-1/p-1. The summed E-state index contributed by atoms with van der Waals surface area (Å²) in [5, 5.41) is 25.3. The number of amides is 2. The number of para-hydroxylation sites is 2. The maximum Gasteiger partial charge on any atom is 1.00 e. The van der Waals surface area contributed by atoms with Gasteiger partial charge in [-0.3, -0.25) is 28.9 Å². The Bertz CT molecular complexity index is 1780. The van der Waals surface area contributed by atoms with Crippen molar-refractivity contribution in [3.63, 3.8) is 0 Å². The van der Waals surface area contributed by atoms with Crippen molar-refractivity contribution in [3.05, 3.63) is 132 Å². The maximum absolute atomic E-state index is 12.4. The average molecular weight is 923 g/mol. The molecule has 2 saturated heterocycles. The van der Waals surface area contributed by atoms with Crippen molar-refractivity contribution in [2.24, 2.45) is 11.8 Å². The number of carbonyl (C=O) groups excluding carboxylic acids is 5. The zero-order chi connectivity index (χ0) is 40.8. The number of rotatable bonds is 10. The third-order valence-electron chi connectivity index (χ3n) is 8.35. The summed E-state index contributed by atoms with van der Waals surface area (Å²) in [7, 11) is 0. The predicted molar refractivity (Wildman–Crippen MR) is 227 cm³/mol. The molecular formula is C44H54BrK2N5O7. The number of nitrogens with one attached hydrogen (secondary N) is 3. The van der Waals surface area contributed by atoms with Crippen LogP contribution >= 0.6 is 15.9 Å². The molecule has 15 heteroatoms. The van der Waals surface area contributed by atoms with Gasteiger partial charge in [-0.2, -0.15) is 5.26 Å². The summed E-state index contributed by atoms with van der Waals surface area (Å²) in [4.78, 5) is 60.9. The number of hydrogen-bond donors (Lipinski definition) is 3. The van der Waals surface area contributed by atoms with E-state index in [2.05, 4.69) is 41.7 Å². The first kappa shape index (κ1) is 58.8. The minimum absolute atomic E-state index is 0. The van der Waals surface area contributed by atoms with Gasteiger partial charge >= 0.3 is 103 Å². The van der Waals surface area contributed by atoms with Crippen LogP contribution in [0.15, 0.2) is 121 Å². The van der Waals surface area contributed by atoms with Gasteiger partial charge in [0.1, 0.15) is 0 Å². The molecule has 2 heterocycles. The van der Waals surface area contributed by atoms with Gasteiger partial charge in [0.05, 0.1) is 29.8 Å². The van der Waals surface area contributed by atoms with E-state index in [4.69, 9.17) is 15.3 Å². The molecular weight excluding hydrogens is 869 g/mol. The first-order valence-corrected chi connectivity index (χ1v) is 19.3. The summed E-state index contributed by atoms with van der Waals surface area (Å²) in [5.41, 5.74) is 3.20. The first-order valence-electron chi connectivity index (χ1n) is 18.2. The number of anilines is 2. The molecule has 2 aliphatic rings. The van der Waals surface area contributed by atoms with Gasteiger partial charge in [0.2, 0.25) is 11.8 Å². The van der Waals surface area contributed by atoms with Crippen LogP contribution in [0.25, 0.3) is 0 Å². The fraction of sp³-hybridized carbons (Fsp3) is 0.318. The topological polar surface area (TPSA) is 181 Å². The number of piperidine rings is 2. The second kappa shape index (κ2) is 37.5. The quantitative estimate of drug-likeness (QED) is 0.0516. The number of hydrogen-bond acceptors (Lipinski definition) is 10. The number of alkyl halides is 1. The van der Waals surface area contributed by atoms with E-state index >= 15 is 0 Å². The van der Waals surface area contributed by atoms with E-state index in [1.54, 1.807) is 6.07 Å². The number of benzene rings is 4. The summed E-state index contributed by atoms with van der Waals surface area (Å²) < 4.78 is 0. The van der Waals surface area contributed by atoms with Crippen LogP contribution in [0.1, 0.15) is 62.2 Å². The maximum atomic E-state index is 12.4. The summed E-state index contributed by atoms with van der Waals surface area (Å²) in [6.07, 6.45) is 3.89. The summed E-state index contributed by atoms with van der Waals surface area (Å²) >= 11 is 3.10. The van der Waals surface area contributed by atoms with Gasteiger partial charge in [0.25, 0.3) is 6.47 Å². The average Bonchev–Trinajstić information content (AvgIpc) is 3.26. The van der Waals surface area contributed by atoms with Crippen molar-refractivity contribution >= 4 is 57.2 Å². The Balaban J connectivity index is -0.000000779. The van der Waals surface area contributed by atoms with Crippen molar-refractivity contribution in [1.29, 1.82) is 5.26 Å². The number of likely N-dealkylation sites (tertiary alicyclic amines) is 1. The molecule has 0 aliphatic carbocycles. The molecule has 0 saturated carbocycles. The molecule has 0 aromatic heterocycles. The molecule has 0 bridgehead atoms. The SMILES string of the molecule is C.CC#N.O=C(CBr)c1ccccc1.O=C(CN1CCCC(C(=O)Nc2ccccc2)C1)c1ccccc1.O=C(Nc1ccccc1)C1CCCNC1.O=CO[O-].[H-].[K+].[K+]. The fourth-order valence-corrected chi connectivity index (χ4v) is 5.96. The molecule has 306 valence electrons. The van der Waals surface area contributed by atoms with Crippen molar-refractivity contribution < 1.29 is 138 Å². The number of nitriles is 1. The van der Waals surface area contributed by atoms with Gasteiger partial charge in [-0.25, -0.2) is 0 Å². The Labute approximate surface area is 444 Å². The third-order valence-corrected chi connectivity index (χ3v) is 8.86. The summed E-state index contributed by atoms with van der Waals surface area (Å²) in [5.74, 6) is 0.466. The van der Waals surface area contributed by atoms with Crippen molar-refractivity contribution in [1.82, 2.24) is 10.2 Å². The van der Waals surface area contributed by atoms with E-state index in [9.17, 15) is 19.2 Å². The van der Waals surface area contributed by atoms with E-state index in [-0.39, 0.29) is 153 Å². The second-order valence-corrected chi connectivity index (χ2v) is 13.0. The minimum Gasteiger partial charge on any atom is -1.00 e. The summed E-state index contributed by atoms with van der Waals surface area (Å²) in [6.45, 7) is 4.97. The smallest absolute Gasteiger partial charge is 1.00 e. The van der Waals surface area contributed by atoms with E-state index in [0.717, 1.165) is 67.8 Å². The Morgan fingerprint density at radius 3 is 1.61 bits per heavy atom. The van der Waals surface area contributed by atoms with E-state index < -0.39 is 0 Å². The monoisotopic (exact) mass is 921 g/mol. The van der Waals surface area contributed by atoms with Gasteiger partial charge in [0.15, 0.2) is 11.6 Å². The van der Waals surface area contributed by atoms with E-state index in [1.165, 1.54) is 6.92 Å². The second-order valence-electron chi connectivity index (χ2n) is 12.5. The molecule has 6 rings (SSSR count). The molecule has 4 aromatic rings. The number of nitrogens with zero attached hydrogens (tertiary/aromatic N) is 2. The molecule has 4 aromatic carbocycles. The summed E-state index contributed by atoms with van der Waals surface area (Å²) in [6, 6.07) is 39.4. The van der Waals surface area contributed by atoms with E-state index in [1.807, 2.05) is 121 Å². The van der Waals surface area contributed by atoms with Crippen LogP contribution in [-0.4, -0.2) is 72.8 Å². The van der Waals surface area contributed by atoms with Crippen molar-refractivity contribution in [3.8, 4) is 6.07 Å². The van der Waals surface area contributed by atoms with Crippen LogP contribution in [-0.2, 0) is 19.3 Å². The number of halogens is 1. The van der Waals surface area contributed by atoms with Gasteiger partial charge in [0, 0.05) is 42.5 Å². The van der Waals surface area contributed by atoms with Gasteiger partial charge in [-0.05, 0) is 63.0 Å². The molecule has 0 spiro atoms. The van der Waals surface area contributed by atoms with Crippen LogP contribution in [0.2, 0.25) is 0 Å². The number of ketones is 2. The molecule has 3 N–H and O–H groups in total. The van der Waals surface area contributed by atoms with Crippen LogP contribution in [0.3, 0.4) is 0 Å². The Hall–Kier alpha value is -2.25. The van der Waals surface area contributed by atoms with Crippen molar-refractivity contribution in [2.75, 3.05) is 48.7 Å². The Morgan fingerprint density at radius 2 is 1.20 bits per heavy atom. The normalized spacial score (nSPS) is 14.7. The molecule has 2 unspecified atom stereocenters. The van der Waals surface area contributed by atoms with E-state index in [0.29, 0.717) is 18.4 Å². The van der Waals surface area contributed by atoms with Gasteiger partial charge < -0.3 is 27.5 Å². The largest absolute Gasteiger partial charge is 1.00 e. The first-order chi connectivity index (χ1) is 27.3. The number of Topliss-reactive ketones (excluding diaryl/α,β-unsaturated/α-hetero) is 2. The molecule has 2 amide bonds. The van der Waals surface area contributed by atoms with Crippen LogP contribution < -0.4 is 124 Å². The Kier molecular flexibility index (Phi) is 37.4. The van der Waals surface area contributed by atoms with Crippen LogP contribution in [0.5, 0.6) is 0 Å². The molecule has 2 fully saturated rings. The zero-order valence-electron chi connectivity index (χ0n) is 34.5. The number of carbonyl (C=O) groups is 5. The molecule has 12 nitrogen and oxygen atoms in total. The zero-order valence-corrected chi connectivity index (χ0v) is 41.3. The molecule has 2 atom stereocenters. The van der Waals surface area contributed by atoms with Crippen LogP contribution in [0.4, 0.5) is 11.4 Å². The molecule has 2 aliphatic heterocycles. The molecule has 59 heavy (non-hydrogen) atoms.